The lowest BCUT2D eigenvalue weighted by molar-refractivity contribution is 0.102. The number of nitrogens with zero attached hydrogens (tertiary/aromatic N) is 4. The molecule has 28 heavy (non-hydrogen) atoms. The Morgan fingerprint density at radius 2 is 1.75 bits per heavy atom. The van der Waals surface area contributed by atoms with Crippen LogP contribution in [0.15, 0.2) is 79.1 Å². The number of nitrogens with one attached hydrogen (secondary N) is 1. The Morgan fingerprint density at radius 1 is 0.964 bits per heavy atom. The predicted octanol–water partition coefficient (Wildman–Crippen LogP) is 4.02. The van der Waals surface area contributed by atoms with E-state index in [1.165, 1.54) is 0 Å². The van der Waals surface area contributed by atoms with Crippen molar-refractivity contribution in [2.75, 3.05) is 5.32 Å². The van der Waals surface area contributed by atoms with Crippen molar-refractivity contribution in [3.63, 3.8) is 0 Å². The summed E-state index contributed by atoms with van der Waals surface area (Å²) < 4.78 is 7.31. The minimum atomic E-state index is -0.159. The molecule has 7 nitrogen and oxygen atoms in total. The number of carbonyl (C=O) groups excluding carboxylic acids is 1. The van der Waals surface area contributed by atoms with Gasteiger partial charge in [0.1, 0.15) is 5.75 Å². The molecule has 0 aliphatic rings. The van der Waals surface area contributed by atoms with Crippen LogP contribution in [0.25, 0.3) is 5.82 Å². The molecule has 0 fully saturated rings. The van der Waals surface area contributed by atoms with Crippen LogP contribution < -0.4 is 10.1 Å². The van der Waals surface area contributed by atoms with Gasteiger partial charge in [0.2, 0.25) is 5.88 Å². The van der Waals surface area contributed by atoms with Crippen molar-refractivity contribution in [1.82, 2.24) is 20.0 Å². The van der Waals surface area contributed by atoms with Crippen LogP contribution in [-0.4, -0.2) is 25.9 Å². The average Bonchev–Trinajstić information content (AvgIpc) is 3.25. The highest BCUT2D eigenvalue weighted by molar-refractivity contribution is 6.04. The zero-order chi connectivity index (χ0) is 19.3. The lowest BCUT2D eigenvalue weighted by atomic mass is 10.1. The molecule has 1 amide bonds. The Balaban J connectivity index is 1.39. The van der Waals surface area contributed by atoms with E-state index in [1.807, 2.05) is 25.1 Å². The van der Waals surface area contributed by atoms with Gasteiger partial charge in [-0.3, -0.25) is 4.79 Å². The summed E-state index contributed by atoms with van der Waals surface area (Å²) in [5.74, 6) is 1.40. The van der Waals surface area contributed by atoms with Crippen molar-refractivity contribution >= 4 is 11.6 Å². The number of aryl methyl sites for hydroxylation is 1. The number of anilines is 1. The first-order valence-electron chi connectivity index (χ1n) is 8.67. The highest BCUT2D eigenvalue weighted by Crippen LogP contribution is 2.22. The topological polar surface area (TPSA) is 81.9 Å². The van der Waals surface area contributed by atoms with Crippen LogP contribution in [0.2, 0.25) is 0 Å². The normalized spacial score (nSPS) is 10.5. The maximum Gasteiger partial charge on any atom is 0.255 e. The van der Waals surface area contributed by atoms with Crippen molar-refractivity contribution in [1.29, 1.82) is 0 Å². The molecule has 0 atom stereocenters. The lowest BCUT2D eigenvalue weighted by Crippen LogP contribution is -2.11. The molecule has 0 spiro atoms. The molecule has 0 bridgehead atoms. The summed E-state index contributed by atoms with van der Waals surface area (Å²) in [4.78, 5) is 12.3. The Morgan fingerprint density at radius 3 is 2.39 bits per heavy atom. The van der Waals surface area contributed by atoms with Crippen LogP contribution in [0.4, 0.5) is 5.69 Å². The fraction of sp³-hybridized carbons (Fsp3) is 0.0476. The highest BCUT2D eigenvalue weighted by Gasteiger charge is 2.07. The number of aromatic nitrogens is 4. The minimum Gasteiger partial charge on any atom is -0.438 e. The van der Waals surface area contributed by atoms with Crippen LogP contribution >= 0.6 is 0 Å². The van der Waals surface area contributed by atoms with E-state index in [2.05, 4.69) is 20.6 Å². The molecule has 1 N–H and O–H groups in total. The van der Waals surface area contributed by atoms with E-state index in [-0.39, 0.29) is 5.91 Å². The molecular formula is C21H17N5O2. The third-order valence-corrected chi connectivity index (χ3v) is 4.01. The third-order valence-electron chi connectivity index (χ3n) is 4.01. The largest absolute Gasteiger partial charge is 0.438 e. The van der Waals surface area contributed by atoms with Gasteiger partial charge in [-0.2, -0.15) is 5.10 Å². The van der Waals surface area contributed by atoms with E-state index >= 15 is 0 Å². The van der Waals surface area contributed by atoms with Crippen molar-refractivity contribution in [3.05, 3.63) is 90.3 Å². The van der Waals surface area contributed by atoms with Crippen LogP contribution in [0.1, 0.15) is 15.9 Å². The van der Waals surface area contributed by atoms with Gasteiger partial charge >= 0.3 is 0 Å². The number of carbonyl (C=O) groups is 1. The summed E-state index contributed by atoms with van der Waals surface area (Å²) in [6.07, 6.45) is 3.46. The SMILES string of the molecule is Cc1ccc(C(=O)Nc2ccc(Oc3ccc(-n4cccn4)nn3)cc2)cc1. The number of benzene rings is 2. The van der Waals surface area contributed by atoms with E-state index in [4.69, 9.17) is 4.74 Å². The van der Waals surface area contributed by atoms with Gasteiger partial charge in [-0.25, -0.2) is 4.68 Å². The Hall–Kier alpha value is -4.00. The van der Waals surface area contributed by atoms with Crippen LogP contribution in [0.5, 0.6) is 11.6 Å². The van der Waals surface area contributed by atoms with Gasteiger partial charge in [-0.05, 0) is 55.5 Å². The third kappa shape index (κ3) is 4.04. The van der Waals surface area contributed by atoms with Gasteiger partial charge in [0.25, 0.3) is 5.91 Å². The number of amides is 1. The molecule has 0 saturated carbocycles. The second-order valence-corrected chi connectivity index (χ2v) is 6.13. The van der Waals surface area contributed by atoms with Gasteiger partial charge in [0, 0.05) is 29.7 Å². The van der Waals surface area contributed by atoms with E-state index in [9.17, 15) is 4.79 Å². The maximum atomic E-state index is 12.3. The molecule has 4 aromatic rings. The molecule has 0 unspecified atom stereocenters. The Kier molecular flexibility index (Phi) is 4.79. The first kappa shape index (κ1) is 17.4. The van der Waals surface area contributed by atoms with E-state index in [0.717, 1.165) is 5.56 Å². The molecule has 2 aromatic heterocycles. The molecule has 2 aromatic carbocycles. The quantitative estimate of drug-likeness (QED) is 0.573. The molecule has 0 radical (unpaired) electrons. The standard InChI is InChI=1S/C21H17N5O2/c1-15-3-5-16(6-4-15)21(27)23-17-7-9-18(10-8-17)28-20-12-11-19(24-25-20)26-14-2-13-22-26/h2-14H,1H3,(H,23,27). The average molecular weight is 371 g/mol. The molecule has 0 aliphatic heterocycles. The smallest absolute Gasteiger partial charge is 0.255 e. The summed E-state index contributed by atoms with van der Waals surface area (Å²) in [6, 6.07) is 19.8. The fourth-order valence-corrected chi connectivity index (χ4v) is 2.53. The number of hydrogen-bond acceptors (Lipinski definition) is 5. The first-order chi connectivity index (χ1) is 13.7. The number of rotatable bonds is 5. The molecule has 0 aliphatic carbocycles. The van der Waals surface area contributed by atoms with Crippen molar-refractivity contribution in [2.24, 2.45) is 0 Å². The van der Waals surface area contributed by atoms with Gasteiger partial charge in [0.15, 0.2) is 5.82 Å². The van der Waals surface area contributed by atoms with Crippen molar-refractivity contribution < 1.29 is 9.53 Å². The molecule has 4 rings (SSSR count). The molecule has 7 heteroatoms. The molecule has 0 saturated heterocycles. The lowest BCUT2D eigenvalue weighted by Gasteiger charge is -2.08. The second-order valence-electron chi connectivity index (χ2n) is 6.13. The van der Waals surface area contributed by atoms with Gasteiger partial charge < -0.3 is 10.1 Å². The van der Waals surface area contributed by atoms with Gasteiger partial charge in [0.05, 0.1) is 0 Å². The van der Waals surface area contributed by atoms with E-state index in [1.54, 1.807) is 65.6 Å². The minimum absolute atomic E-state index is 0.159. The molecule has 2 heterocycles. The maximum absolute atomic E-state index is 12.3. The highest BCUT2D eigenvalue weighted by atomic mass is 16.5. The van der Waals surface area contributed by atoms with Crippen LogP contribution in [0.3, 0.4) is 0 Å². The molecular weight excluding hydrogens is 354 g/mol. The van der Waals surface area contributed by atoms with Crippen LogP contribution in [0, 0.1) is 6.92 Å². The Bertz CT molecular complexity index is 1060. The van der Waals surface area contributed by atoms with E-state index < -0.39 is 0 Å². The predicted molar refractivity (Wildman–Crippen MR) is 105 cm³/mol. The monoisotopic (exact) mass is 371 g/mol. The van der Waals surface area contributed by atoms with Crippen LogP contribution in [-0.2, 0) is 0 Å². The summed E-state index contributed by atoms with van der Waals surface area (Å²) >= 11 is 0. The van der Waals surface area contributed by atoms with E-state index in [0.29, 0.717) is 28.7 Å². The number of hydrogen-bond donors (Lipinski definition) is 1. The number of ether oxygens (including phenoxy) is 1. The Labute approximate surface area is 161 Å². The summed E-state index contributed by atoms with van der Waals surface area (Å²) in [6.45, 7) is 1.98. The van der Waals surface area contributed by atoms with Gasteiger partial charge in [-0.15, -0.1) is 10.2 Å². The zero-order valence-electron chi connectivity index (χ0n) is 15.1. The van der Waals surface area contributed by atoms with Gasteiger partial charge in [-0.1, -0.05) is 17.7 Å². The van der Waals surface area contributed by atoms with Crippen molar-refractivity contribution in [3.8, 4) is 17.4 Å². The fourth-order valence-electron chi connectivity index (χ4n) is 2.53. The van der Waals surface area contributed by atoms with Crippen molar-refractivity contribution in [2.45, 2.75) is 6.92 Å². The molecule has 138 valence electrons. The second kappa shape index (κ2) is 7.71. The first-order valence-corrected chi connectivity index (χ1v) is 8.67. The summed E-state index contributed by atoms with van der Waals surface area (Å²) in [7, 11) is 0. The summed E-state index contributed by atoms with van der Waals surface area (Å²) in [5.41, 5.74) is 2.40. The summed E-state index contributed by atoms with van der Waals surface area (Å²) in [5, 5.41) is 15.1. The zero-order valence-corrected chi connectivity index (χ0v) is 15.1.